The molecule has 144 valence electrons. The number of hydrogen-bond donors (Lipinski definition) is 0. The summed E-state index contributed by atoms with van der Waals surface area (Å²) in [4.78, 5) is 16.7. The summed E-state index contributed by atoms with van der Waals surface area (Å²) in [6.07, 6.45) is 0. The second kappa shape index (κ2) is 8.40. The molecule has 1 aliphatic rings. The van der Waals surface area contributed by atoms with Gasteiger partial charge in [0.1, 0.15) is 11.6 Å². The summed E-state index contributed by atoms with van der Waals surface area (Å²) in [7, 11) is 4.27. The number of hydrogen-bond acceptors (Lipinski definition) is 5. The van der Waals surface area contributed by atoms with E-state index >= 15 is 0 Å². The van der Waals surface area contributed by atoms with Gasteiger partial charge in [-0.25, -0.2) is 9.97 Å². The van der Waals surface area contributed by atoms with Crippen LogP contribution in [-0.4, -0.2) is 55.1 Å². The van der Waals surface area contributed by atoms with E-state index in [1.54, 1.807) is 0 Å². The van der Waals surface area contributed by atoms with Crippen LogP contribution in [0.4, 0.5) is 11.6 Å². The van der Waals surface area contributed by atoms with E-state index < -0.39 is 0 Å². The van der Waals surface area contributed by atoms with Gasteiger partial charge in [-0.3, -0.25) is 0 Å². The van der Waals surface area contributed by atoms with Crippen molar-refractivity contribution in [3.63, 3.8) is 0 Å². The molecule has 1 aromatic heterocycles. The molecule has 1 fully saturated rings. The fraction of sp³-hybridized carbons (Fsp3) is 0.304. The Labute approximate surface area is 167 Å². The third kappa shape index (κ3) is 4.31. The van der Waals surface area contributed by atoms with E-state index in [4.69, 9.17) is 9.97 Å². The number of rotatable bonds is 5. The van der Waals surface area contributed by atoms with Gasteiger partial charge in [0.05, 0.1) is 0 Å². The second-order valence-corrected chi connectivity index (χ2v) is 7.41. The van der Waals surface area contributed by atoms with Gasteiger partial charge in [-0.05, 0) is 12.6 Å². The van der Waals surface area contributed by atoms with Crippen LogP contribution >= 0.6 is 0 Å². The first-order valence-electron chi connectivity index (χ1n) is 9.82. The lowest BCUT2D eigenvalue weighted by Gasteiger charge is -2.33. The van der Waals surface area contributed by atoms with Crippen LogP contribution < -0.4 is 9.80 Å². The normalized spacial score (nSPS) is 14.9. The maximum atomic E-state index is 4.91. The Morgan fingerprint density at radius 1 is 0.857 bits per heavy atom. The lowest BCUT2D eigenvalue weighted by molar-refractivity contribution is 0.312. The molecule has 0 aliphatic carbocycles. The van der Waals surface area contributed by atoms with Crippen molar-refractivity contribution in [2.75, 3.05) is 50.1 Å². The maximum absolute atomic E-state index is 4.91. The molecule has 0 amide bonds. The maximum Gasteiger partial charge on any atom is 0.163 e. The molecule has 1 aliphatic heterocycles. The summed E-state index contributed by atoms with van der Waals surface area (Å²) in [6, 6.07) is 22.9. The first-order valence-corrected chi connectivity index (χ1v) is 9.82. The quantitative estimate of drug-likeness (QED) is 0.684. The molecule has 0 spiro atoms. The van der Waals surface area contributed by atoms with Crippen molar-refractivity contribution >= 4 is 11.6 Å². The van der Waals surface area contributed by atoms with Crippen LogP contribution in [0.1, 0.15) is 5.56 Å². The molecule has 0 atom stereocenters. The Balaban J connectivity index is 1.67. The van der Waals surface area contributed by atoms with Crippen molar-refractivity contribution in [3.8, 4) is 11.4 Å². The van der Waals surface area contributed by atoms with Crippen molar-refractivity contribution < 1.29 is 0 Å². The zero-order chi connectivity index (χ0) is 19.3. The largest absolute Gasteiger partial charge is 0.355 e. The first-order chi connectivity index (χ1) is 13.7. The average molecular weight is 374 g/mol. The molecular weight excluding hydrogens is 346 g/mol. The number of benzene rings is 2. The fourth-order valence-electron chi connectivity index (χ4n) is 3.47. The molecule has 1 saturated heterocycles. The zero-order valence-electron chi connectivity index (χ0n) is 16.6. The van der Waals surface area contributed by atoms with Crippen molar-refractivity contribution in [3.05, 3.63) is 72.3 Å². The van der Waals surface area contributed by atoms with Crippen LogP contribution in [0.3, 0.4) is 0 Å². The summed E-state index contributed by atoms with van der Waals surface area (Å²) in [5, 5.41) is 0. The van der Waals surface area contributed by atoms with E-state index in [2.05, 4.69) is 71.3 Å². The van der Waals surface area contributed by atoms with E-state index in [0.717, 1.165) is 55.7 Å². The van der Waals surface area contributed by atoms with Gasteiger partial charge in [0.25, 0.3) is 0 Å². The summed E-state index contributed by atoms with van der Waals surface area (Å²) in [5.41, 5.74) is 2.32. The van der Waals surface area contributed by atoms with E-state index in [0.29, 0.717) is 0 Å². The molecule has 2 heterocycles. The highest BCUT2D eigenvalue weighted by Crippen LogP contribution is 2.25. The van der Waals surface area contributed by atoms with Crippen LogP contribution in [0.2, 0.25) is 0 Å². The Bertz CT molecular complexity index is 889. The number of likely N-dealkylation sites (N-methyl/N-ethyl adjacent to an activating group) is 1. The fourth-order valence-corrected chi connectivity index (χ4v) is 3.47. The van der Waals surface area contributed by atoms with Crippen LogP contribution in [-0.2, 0) is 6.54 Å². The molecular formula is C23H27N5. The monoisotopic (exact) mass is 373 g/mol. The Kier molecular flexibility index (Phi) is 5.53. The molecule has 0 N–H and O–H groups in total. The highest BCUT2D eigenvalue weighted by Gasteiger charge is 2.18. The molecule has 0 bridgehead atoms. The van der Waals surface area contributed by atoms with Gasteiger partial charge in [0.2, 0.25) is 0 Å². The van der Waals surface area contributed by atoms with Gasteiger partial charge in [-0.15, -0.1) is 0 Å². The van der Waals surface area contributed by atoms with Gasteiger partial charge < -0.3 is 14.7 Å². The lowest BCUT2D eigenvalue weighted by atomic mass is 10.2. The molecule has 3 aromatic rings. The molecule has 0 saturated carbocycles. The topological polar surface area (TPSA) is 35.5 Å². The number of nitrogens with zero attached hydrogens (tertiary/aromatic N) is 5. The average Bonchev–Trinajstić information content (AvgIpc) is 2.75. The highest BCUT2D eigenvalue weighted by molar-refractivity contribution is 5.62. The molecule has 0 unspecified atom stereocenters. The number of aromatic nitrogens is 2. The Hall–Kier alpha value is -2.92. The minimum Gasteiger partial charge on any atom is -0.355 e. The van der Waals surface area contributed by atoms with Crippen LogP contribution in [0, 0.1) is 0 Å². The van der Waals surface area contributed by atoms with Gasteiger partial charge in [0.15, 0.2) is 5.82 Å². The summed E-state index contributed by atoms with van der Waals surface area (Å²) >= 11 is 0. The number of anilines is 2. The summed E-state index contributed by atoms with van der Waals surface area (Å²) in [5.74, 6) is 2.75. The minimum absolute atomic E-state index is 0.784. The lowest BCUT2D eigenvalue weighted by Crippen LogP contribution is -2.45. The summed E-state index contributed by atoms with van der Waals surface area (Å²) < 4.78 is 0. The van der Waals surface area contributed by atoms with E-state index in [1.807, 2.05) is 24.3 Å². The van der Waals surface area contributed by atoms with Crippen LogP contribution in [0.15, 0.2) is 66.7 Å². The summed E-state index contributed by atoms with van der Waals surface area (Å²) in [6.45, 7) is 4.90. The molecule has 5 nitrogen and oxygen atoms in total. The van der Waals surface area contributed by atoms with Crippen LogP contribution in [0.5, 0.6) is 0 Å². The smallest absolute Gasteiger partial charge is 0.163 e. The minimum atomic E-state index is 0.784. The SMILES string of the molecule is CN1CCN(c2cc(N(C)Cc3ccccc3)nc(-c3ccccc3)n2)CC1. The van der Waals surface area contributed by atoms with E-state index in [-0.39, 0.29) is 0 Å². The molecule has 0 radical (unpaired) electrons. The van der Waals surface area contributed by atoms with Crippen molar-refractivity contribution in [2.24, 2.45) is 0 Å². The predicted molar refractivity (Wildman–Crippen MR) is 116 cm³/mol. The van der Waals surface area contributed by atoms with Gasteiger partial charge in [0, 0.05) is 51.4 Å². The highest BCUT2D eigenvalue weighted by atomic mass is 15.3. The van der Waals surface area contributed by atoms with Crippen molar-refractivity contribution in [2.45, 2.75) is 6.54 Å². The van der Waals surface area contributed by atoms with Crippen molar-refractivity contribution in [1.82, 2.24) is 14.9 Å². The van der Waals surface area contributed by atoms with E-state index in [1.165, 1.54) is 5.56 Å². The molecule has 5 heteroatoms. The van der Waals surface area contributed by atoms with Crippen molar-refractivity contribution in [1.29, 1.82) is 0 Å². The van der Waals surface area contributed by atoms with E-state index in [9.17, 15) is 0 Å². The van der Waals surface area contributed by atoms with Crippen LogP contribution in [0.25, 0.3) is 11.4 Å². The molecule has 4 rings (SSSR count). The van der Waals surface area contributed by atoms with Gasteiger partial charge in [-0.2, -0.15) is 0 Å². The second-order valence-electron chi connectivity index (χ2n) is 7.41. The predicted octanol–water partition coefficient (Wildman–Crippen LogP) is 3.53. The standard InChI is InChI=1S/C23H27N5/c1-26-13-15-28(16-14-26)22-17-21(27(2)18-19-9-5-3-6-10-19)24-23(25-22)20-11-7-4-8-12-20/h3-12,17H,13-16,18H2,1-2H3. The third-order valence-corrected chi connectivity index (χ3v) is 5.21. The van der Waals surface area contributed by atoms with Gasteiger partial charge >= 0.3 is 0 Å². The Morgan fingerprint density at radius 3 is 2.18 bits per heavy atom. The Morgan fingerprint density at radius 2 is 1.50 bits per heavy atom. The number of piperazine rings is 1. The molecule has 28 heavy (non-hydrogen) atoms. The van der Waals surface area contributed by atoms with Gasteiger partial charge in [-0.1, -0.05) is 60.7 Å². The first kappa shape index (κ1) is 18.4. The zero-order valence-corrected chi connectivity index (χ0v) is 16.6. The molecule has 2 aromatic carbocycles. The third-order valence-electron chi connectivity index (χ3n) is 5.21.